The molecule has 0 aliphatic carbocycles. The molecule has 0 fully saturated rings. The predicted molar refractivity (Wildman–Crippen MR) is 80.2 cm³/mol. The molecule has 20 heavy (non-hydrogen) atoms. The third-order valence-corrected chi connectivity index (χ3v) is 3.63. The van der Waals surface area contributed by atoms with Gasteiger partial charge in [-0.05, 0) is 44.4 Å². The first kappa shape index (κ1) is 16.5. The Bertz CT molecular complexity index is 433. The maximum Gasteiger partial charge on any atom is 0.323 e. The van der Waals surface area contributed by atoms with Crippen LogP contribution < -0.4 is 10.1 Å². The van der Waals surface area contributed by atoms with Crippen LogP contribution in [0.3, 0.4) is 0 Å². The van der Waals surface area contributed by atoms with Crippen molar-refractivity contribution < 1.29 is 14.6 Å². The van der Waals surface area contributed by atoms with Crippen LogP contribution in [0, 0.1) is 6.92 Å². The number of aryl methyl sites for hydroxylation is 1. The van der Waals surface area contributed by atoms with Gasteiger partial charge < -0.3 is 15.2 Å². The van der Waals surface area contributed by atoms with Gasteiger partial charge in [-0.2, -0.15) is 0 Å². The van der Waals surface area contributed by atoms with Gasteiger partial charge in [0.15, 0.2) is 0 Å². The molecule has 0 heterocycles. The molecular weight excluding hydrogens is 254 g/mol. The molecule has 0 radical (unpaired) electrons. The monoisotopic (exact) mass is 279 g/mol. The number of para-hydroxylation sites is 1. The van der Waals surface area contributed by atoms with Gasteiger partial charge in [-0.15, -0.1) is 0 Å². The lowest BCUT2D eigenvalue weighted by Gasteiger charge is -2.29. The molecule has 0 saturated carbocycles. The van der Waals surface area contributed by atoms with Crippen LogP contribution in [0.4, 0.5) is 0 Å². The lowest BCUT2D eigenvalue weighted by molar-refractivity contribution is -0.145. The smallest absolute Gasteiger partial charge is 0.323 e. The average Bonchev–Trinajstić information content (AvgIpc) is 2.43. The average molecular weight is 279 g/mol. The zero-order valence-electron chi connectivity index (χ0n) is 12.6. The molecule has 1 unspecified atom stereocenters. The van der Waals surface area contributed by atoms with Gasteiger partial charge in [-0.1, -0.05) is 32.0 Å². The van der Waals surface area contributed by atoms with Crippen LogP contribution in [0.5, 0.6) is 5.75 Å². The summed E-state index contributed by atoms with van der Waals surface area (Å²) in [5.41, 5.74) is 0.267. The molecule has 0 aliphatic heterocycles. The molecule has 0 amide bonds. The van der Waals surface area contributed by atoms with Crippen molar-refractivity contribution in [1.29, 1.82) is 0 Å². The number of hydrogen-bond donors (Lipinski definition) is 2. The van der Waals surface area contributed by atoms with Crippen molar-refractivity contribution >= 4 is 5.97 Å². The van der Waals surface area contributed by atoms with E-state index in [-0.39, 0.29) is 0 Å². The SMILES string of the molecule is CCNC(CC)(CCCOc1ccccc1C)C(=O)O. The summed E-state index contributed by atoms with van der Waals surface area (Å²) in [7, 11) is 0. The summed E-state index contributed by atoms with van der Waals surface area (Å²) < 4.78 is 5.71. The Morgan fingerprint density at radius 1 is 1.35 bits per heavy atom. The fourth-order valence-corrected chi connectivity index (χ4v) is 2.34. The van der Waals surface area contributed by atoms with Crippen molar-refractivity contribution in [1.82, 2.24) is 5.32 Å². The molecule has 0 aromatic heterocycles. The predicted octanol–water partition coefficient (Wildman–Crippen LogP) is 3.00. The summed E-state index contributed by atoms with van der Waals surface area (Å²) in [5, 5.41) is 12.5. The van der Waals surface area contributed by atoms with Crippen molar-refractivity contribution in [2.45, 2.75) is 45.6 Å². The van der Waals surface area contributed by atoms with Gasteiger partial charge >= 0.3 is 5.97 Å². The molecule has 0 saturated heterocycles. The van der Waals surface area contributed by atoms with E-state index in [1.54, 1.807) is 0 Å². The molecule has 4 nitrogen and oxygen atoms in total. The second-order valence-electron chi connectivity index (χ2n) is 4.99. The molecule has 1 aromatic carbocycles. The summed E-state index contributed by atoms with van der Waals surface area (Å²) in [5.74, 6) is 0.0890. The normalized spacial score (nSPS) is 13.8. The minimum atomic E-state index is -0.830. The standard InChI is InChI=1S/C16H25NO3/c1-4-16(15(18)19,17-5-2)11-8-12-20-14-10-7-6-9-13(14)3/h6-7,9-10,17H,4-5,8,11-12H2,1-3H3,(H,18,19). The highest BCUT2D eigenvalue weighted by atomic mass is 16.5. The number of hydrogen-bond acceptors (Lipinski definition) is 3. The Morgan fingerprint density at radius 3 is 2.60 bits per heavy atom. The fourth-order valence-electron chi connectivity index (χ4n) is 2.34. The lowest BCUT2D eigenvalue weighted by Crippen LogP contribution is -2.51. The number of carboxylic acid groups (broad SMARTS) is 1. The zero-order valence-corrected chi connectivity index (χ0v) is 12.6. The topological polar surface area (TPSA) is 58.6 Å². The molecule has 112 valence electrons. The molecular formula is C16H25NO3. The van der Waals surface area contributed by atoms with Gasteiger partial charge in [-0.25, -0.2) is 0 Å². The second-order valence-corrected chi connectivity index (χ2v) is 4.99. The van der Waals surface area contributed by atoms with Crippen LogP contribution in [0.25, 0.3) is 0 Å². The number of carbonyl (C=O) groups is 1. The van der Waals surface area contributed by atoms with Crippen LogP contribution in [0.2, 0.25) is 0 Å². The molecule has 1 atom stereocenters. The van der Waals surface area contributed by atoms with Crippen molar-refractivity contribution in [3.8, 4) is 5.75 Å². The highest BCUT2D eigenvalue weighted by Gasteiger charge is 2.34. The molecule has 4 heteroatoms. The zero-order chi connectivity index (χ0) is 15.0. The first-order valence-corrected chi connectivity index (χ1v) is 7.22. The molecule has 1 aromatic rings. The van der Waals surface area contributed by atoms with Crippen molar-refractivity contribution in [3.05, 3.63) is 29.8 Å². The van der Waals surface area contributed by atoms with Crippen LogP contribution in [-0.4, -0.2) is 29.8 Å². The van der Waals surface area contributed by atoms with Crippen LogP contribution in [0.1, 0.15) is 38.7 Å². The van der Waals surface area contributed by atoms with Gasteiger partial charge in [0.1, 0.15) is 11.3 Å². The Hall–Kier alpha value is -1.55. The highest BCUT2D eigenvalue weighted by molar-refractivity contribution is 5.78. The van der Waals surface area contributed by atoms with Crippen LogP contribution in [0.15, 0.2) is 24.3 Å². The largest absolute Gasteiger partial charge is 0.493 e. The first-order valence-electron chi connectivity index (χ1n) is 7.22. The number of carboxylic acids is 1. The van der Waals surface area contributed by atoms with E-state index < -0.39 is 11.5 Å². The molecule has 0 aliphatic rings. The number of benzene rings is 1. The summed E-state index contributed by atoms with van der Waals surface area (Å²) >= 11 is 0. The van der Waals surface area contributed by atoms with Crippen molar-refractivity contribution in [2.75, 3.05) is 13.2 Å². The minimum absolute atomic E-state index is 0.533. The third kappa shape index (κ3) is 4.23. The number of nitrogens with one attached hydrogen (secondary N) is 1. The van der Waals surface area contributed by atoms with Crippen LogP contribution in [-0.2, 0) is 4.79 Å². The van der Waals surface area contributed by atoms with Gasteiger partial charge in [-0.3, -0.25) is 4.79 Å². The summed E-state index contributed by atoms with van der Waals surface area (Å²) in [6, 6.07) is 7.85. The van der Waals surface area contributed by atoms with E-state index in [1.165, 1.54) is 0 Å². The number of aliphatic carboxylic acids is 1. The van der Waals surface area contributed by atoms with Gasteiger partial charge in [0, 0.05) is 0 Å². The second kappa shape index (κ2) is 7.90. The maximum absolute atomic E-state index is 11.5. The Balaban J connectivity index is 2.49. The Labute approximate surface area is 121 Å². The van der Waals surface area contributed by atoms with E-state index in [4.69, 9.17) is 4.74 Å². The van der Waals surface area contributed by atoms with E-state index in [0.29, 0.717) is 32.4 Å². The Kier molecular flexibility index (Phi) is 6.52. The fraction of sp³-hybridized carbons (Fsp3) is 0.562. The van der Waals surface area contributed by atoms with Gasteiger partial charge in [0.25, 0.3) is 0 Å². The van der Waals surface area contributed by atoms with Crippen molar-refractivity contribution in [2.24, 2.45) is 0 Å². The summed E-state index contributed by atoms with van der Waals surface area (Å²) in [6.07, 6.45) is 1.85. The van der Waals surface area contributed by atoms with E-state index in [1.807, 2.05) is 45.0 Å². The van der Waals surface area contributed by atoms with E-state index in [2.05, 4.69) is 5.32 Å². The van der Waals surface area contributed by atoms with E-state index in [9.17, 15) is 9.90 Å². The van der Waals surface area contributed by atoms with Crippen LogP contribution >= 0.6 is 0 Å². The first-order chi connectivity index (χ1) is 9.55. The quantitative estimate of drug-likeness (QED) is 0.682. The molecule has 1 rings (SSSR count). The number of rotatable bonds is 9. The molecule has 0 bridgehead atoms. The van der Waals surface area contributed by atoms with Gasteiger partial charge in [0.2, 0.25) is 0 Å². The highest BCUT2D eigenvalue weighted by Crippen LogP contribution is 2.20. The Morgan fingerprint density at radius 2 is 2.05 bits per heavy atom. The van der Waals surface area contributed by atoms with E-state index in [0.717, 1.165) is 11.3 Å². The number of likely N-dealkylation sites (N-methyl/N-ethyl adjacent to an activating group) is 1. The van der Waals surface area contributed by atoms with Gasteiger partial charge in [0.05, 0.1) is 6.61 Å². The minimum Gasteiger partial charge on any atom is -0.493 e. The maximum atomic E-state index is 11.5. The number of ether oxygens (including phenoxy) is 1. The summed E-state index contributed by atoms with van der Waals surface area (Å²) in [6.45, 7) is 7.02. The summed E-state index contributed by atoms with van der Waals surface area (Å²) in [4.78, 5) is 11.5. The third-order valence-electron chi connectivity index (χ3n) is 3.63. The lowest BCUT2D eigenvalue weighted by atomic mass is 9.90. The van der Waals surface area contributed by atoms with Crippen molar-refractivity contribution in [3.63, 3.8) is 0 Å². The molecule has 2 N–H and O–H groups in total. The molecule has 0 spiro atoms. The van der Waals surface area contributed by atoms with E-state index >= 15 is 0 Å².